The van der Waals surface area contributed by atoms with Gasteiger partial charge < -0.3 is 29.4 Å². The molecular weight excluding hydrogens is 1170 g/mol. The minimum absolute atomic E-state index is 0.987. The Morgan fingerprint density at radius 3 is 0.531 bits per heavy atom. The molecule has 0 fully saturated rings. The van der Waals surface area contributed by atoms with E-state index >= 15 is 0 Å². The van der Waals surface area contributed by atoms with Gasteiger partial charge in [-0.2, -0.15) is 0 Å². The van der Waals surface area contributed by atoms with Gasteiger partial charge in [0.1, 0.15) is 0 Å². The molecule has 0 heterocycles. The molecule has 12 rings (SSSR count). The summed E-state index contributed by atoms with van der Waals surface area (Å²) in [5.41, 5.74) is 20.7. The first-order chi connectivity index (χ1) is 47.2. The van der Waals surface area contributed by atoms with Crippen LogP contribution in [-0.4, -0.2) is 52.4 Å². The van der Waals surface area contributed by atoms with E-state index < -0.39 is 0 Å². The van der Waals surface area contributed by atoms with Crippen molar-refractivity contribution in [3.05, 3.63) is 299 Å². The summed E-state index contributed by atoms with van der Waals surface area (Å²) in [6.07, 6.45) is 17.7. The maximum absolute atomic E-state index is 2.45. The number of nitrogens with zero attached hydrogens (tertiary/aromatic N) is 6. The van der Waals surface area contributed by atoms with Crippen LogP contribution in [0.1, 0.15) is 99.9 Å². The van der Waals surface area contributed by atoms with Gasteiger partial charge in [0.25, 0.3) is 0 Å². The van der Waals surface area contributed by atoms with Gasteiger partial charge in [-0.15, -0.1) is 0 Å². The van der Waals surface area contributed by atoms with Crippen LogP contribution in [0.5, 0.6) is 0 Å². The van der Waals surface area contributed by atoms with Gasteiger partial charge in [0.05, 0.1) is 11.4 Å². The van der Waals surface area contributed by atoms with Crippen LogP contribution in [0.2, 0.25) is 0 Å². The zero-order valence-corrected chi connectivity index (χ0v) is 57.2. The predicted molar refractivity (Wildman–Crippen MR) is 424 cm³/mol. The normalized spacial score (nSPS) is 11.7. The van der Waals surface area contributed by atoms with Crippen molar-refractivity contribution >= 4 is 138 Å². The molecule has 0 saturated heterocycles. The third kappa shape index (κ3) is 14.7. The molecule has 0 aromatic heterocycles. The zero-order chi connectivity index (χ0) is 66.3. The minimum Gasteiger partial charge on any atom is -0.372 e. The summed E-state index contributed by atoms with van der Waals surface area (Å²) in [5, 5.41) is 7.03. The van der Waals surface area contributed by atoms with Crippen LogP contribution in [0.25, 0.3) is 80.9 Å². The lowest BCUT2D eigenvalue weighted by Gasteiger charge is -2.30. The fraction of sp³-hybridized carbons (Fsp3) is 0.178. The topological polar surface area (TPSA) is 19.4 Å². The number of anilines is 10. The lowest BCUT2D eigenvalue weighted by molar-refractivity contribution is 0.866. The molecule has 0 amide bonds. The van der Waals surface area contributed by atoms with Crippen LogP contribution < -0.4 is 29.4 Å². The van der Waals surface area contributed by atoms with E-state index in [4.69, 9.17) is 0 Å². The van der Waals surface area contributed by atoms with Gasteiger partial charge >= 0.3 is 0 Å². The molecule has 480 valence electrons. The van der Waals surface area contributed by atoms with Crippen LogP contribution >= 0.6 is 0 Å². The molecule has 12 aromatic carbocycles. The predicted octanol–water partition coefficient (Wildman–Crippen LogP) is 24.2. The van der Waals surface area contributed by atoms with Crippen LogP contribution in [0.4, 0.5) is 56.9 Å². The summed E-state index contributed by atoms with van der Waals surface area (Å²) in [6, 6.07) is 94.5. The van der Waals surface area contributed by atoms with Crippen molar-refractivity contribution in [2.24, 2.45) is 0 Å². The van der Waals surface area contributed by atoms with Crippen molar-refractivity contribution in [1.29, 1.82) is 0 Å². The average Bonchev–Trinajstić information content (AvgIpc) is 0.728. The molecule has 6 nitrogen and oxygen atoms in total. The Morgan fingerprint density at radius 2 is 0.354 bits per heavy atom. The summed E-state index contributed by atoms with van der Waals surface area (Å²) in [6.45, 7) is 25.6. The van der Waals surface area contributed by atoms with Gasteiger partial charge in [-0.05, 0) is 231 Å². The van der Waals surface area contributed by atoms with Crippen LogP contribution in [-0.2, 0) is 0 Å². The highest BCUT2D eigenvalue weighted by Crippen LogP contribution is 2.48. The second-order valence-electron chi connectivity index (χ2n) is 24.4. The average molecular weight is 1260 g/mol. The summed E-state index contributed by atoms with van der Waals surface area (Å²) in [5.74, 6) is 0. The Hall–Kier alpha value is -10.8. The van der Waals surface area contributed by atoms with Gasteiger partial charge in [0.2, 0.25) is 0 Å². The first-order valence-corrected chi connectivity index (χ1v) is 34.7. The first kappa shape index (κ1) is 65.3. The van der Waals surface area contributed by atoms with Gasteiger partial charge in [-0.3, -0.25) is 0 Å². The first-order valence-electron chi connectivity index (χ1n) is 34.7. The van der Waals surface area contributed by atoms with E-state index in [0.717, 1.165) is 120 Å². The van der Waals surface area contributed by atoms with E-state index in [1.54, 1.807) is 0 Å². The molecule has 0 aliphatic rings. The molecule has 6 heteroatoms. The van der Waals surface area contributed by atoms with Crippen molar-refractivity contribution in [3.63, 3.8) is 0 Å². The second kappa shape index (κ2) is 31.0. The van der Waals surface area contributed by atoms with Gasteiger partial charge in [0, 0.05) is 109 Å². The number of fused-ring (bicyclic) bond motifs is 5. The summed E-state index contributed by atoms with van der Waals surface area (Å²) < 4.78 is 0. The fourth-order valence-corrected chi connectivity index (χ4v) is 13.4. The third-order valence-electron chi connectivity index (χ3n) is 18.9. The van der Waals surface area contributed by atoms with E-state index in [9.17, 15) is 0 Å². The van der Waals surface area contributed by atoms with E-state index in [1.807, 2.05) is 0 Å². The van der Waals surface area contributed by atoms with Crippen molar-refractivity contribution in [2.75, 3.05) is 81.8 Å². The zero-order valence-electron chi connectivity index (χ0n) is 57.2. The fourth-order valence-electron chi connectivity index (χ4n) is 13.4. The van der Waals surface area contributed by atoms with Crippen LogP contribution in [0.15, 0.2) is 255 Å². The molecule has 0 aliphatic carbocycles. The molecular formula is C90H90N6. The Labute approximate surface area is 570 Å². The minimum atomic E-state index is 0.987. The molecule has 0 N–H and O–H groups in total. The summed E-state index contributed by atoms with van der Waals surface area (Å²) in [4.78, 5) is 14.4. The maximum Gasteiger partial charge on any atom is 0.0546 e. The Kier molecular flexibility index (Phi) is 21.0. The van der Waals surface area contributed by atoms with Crippen molar-refractivity contribution in [2.45, 2.75) is 55.4 Å². The van der Waals surface area contributed by atoms with Crippen molar-refractivity contribution < 1.29 is 0 Å². The molecule has 0 atom stereocenters. The van der Waals surface area contributed by atoms with E-state index in [0.29, 0.717) is 0 Å². The van der Waals surface area contributed by atoms with Crippen LogP contribution in [0, 0.1) is 0 Å². The lowest BCUT2D eigenvalue weighted by atomic mass is 9.93. The highest BCUT2D eigenvalue weighted by atomic mass is 15.2. The summed E-state index contributed by atoms with van der Waals surface area (Å²) >= 11 is 0. The molecule has 0 saturated carbocycles. The van der Waals surface area contributed by atoms with E-state index in [1.165, 1.54) is 66.5 Å². The van der Waals surface area contributed by atoms with Gasteiger partial charge in [-0.25, -0.2) is 0 Å². The Balaban J connectivity index is 0.952. The van der Waals surface area contributed by atoms with Crippen LogP contribution in [0.3, 0.4) is 0 Å². The SMILES string of the molecule is CCN(CC)c1ccc(C=Cc2ccc(N(c3ccc(C=Cc4ccc(N(CC)CC)cc4)cc3)c3cc4c5ccccc5c(N(c5ccc(C=Cc6ccc(N(CC)CC)cc6)cc5)c5ccc(C=Cc6ccc(N(CC)CC)cc6)cc5)cc4c4ccccc34)cc2)cc1. The number of hydrogen-bond donors (Lipinski definition) is 0. The molecule has 0 aliphatic heterocycles. The smallest absolute Gasteiger partial charge is 0.0546 e. The molecule has 0 unspecified atom stereocenters. The van der Waals surface area contributed by atoms with Crippen molar-refractivity contribution in [1.82, 2.24) is 0 Å². The quantitative estimate of drug-likeness (QED) is 0.0395. The highest BCUT2D eigenvalue weighted by molar-refractivity contribution is 6.24. The van der Waals surface area contributed by atoms with Gasteiger partial charge in [0.15, 0.2) is 0 Å². The summed E-state index contributed by atoms with van der Waals surface area (Å²) in [7, 11) is 0. The molecule has 12 aromatic rings. The largest absolute Gasteiger partial charge is 0.372 e. The standard InChI is InChI=1S/C90H90N6/c1-9-91(10-2)75-49-33-67(34-50-75)25-29-71-41-57-79(58-42-71)95(80-59-43-72(44-60-80)30-26-68-35-51-76(52-36-68)92(11-3)12-4)89-65-87-84-22-18-20-24-86(84)90(66-88(87)83-21-17-19-23-85(83)89)96(81-61-45-73(46-62-81)31-27-69-37-53-77(54-38-69)93(13-5)14-6)82-63-47-74(48-64-82)32-28-70-39-55-78(56-40-70)94(15-7)16-8/h17-66H,9-16H2,1-8H3. The number of hydrogen-bond acceptors (Lipinski definition) is 6. The van der Waals surface area contributed by atoms with E-state index in [2.05, 4.69) is 388 Å². The monoisotopic (exact) mass is 1250 g/mol. The Bertz CT molecular complexity index is 4110. The van der Waals surface area contributed by atoms with Crippen molar-refractivity contribution in [3.8, 4) is 0 Å². The molecule has 0 spiro atoms. The lowest BCUT2D eigenvalue weighted by Crippen LogP contribution is -2.21. The molecule has 96 heavy (non-hydrogen) atoms. The molecule has 0 bridgehead atoms. The van der Waals surface area contributed by atoms with Gasteiger partial charge in [-0.1, -0.05) is 194 Å². The second-order valence-corrected chi connectivity index (χ2v) is 24.4. The third-order valence-corrected chi connectivity index (χ3v) is 18.9. The number of benzene rings is 12. The Morgan fingerprint density at radius 1 is 0.188 bits per heavy atom. The highest BCUT2D eigenvalue weighted by Gasteiger charge is 2.23. The van der Waals surface area contributed by atoms with E-state index in [-0.39, 0.29) is 0 Å². The molecule has 0 radical (unpaired) electrons. The maximum atomic E-state index is 2.45. The number of rotatable bonds is 26.